The van der Waals surface area contributed by atoms with Gasteiger partial charge in [0.1, 0.15) is 10.6 Å². The van der Waals surface area contributed by atoms with Crippen LogP contribution in [0.25, 0.3) is 0 Å². The Balaban J connectivity index is 2.07. The van der Waals surface area contributed by atoms with E-state index in [1.807, 2.05) is 0 Å². The lowest BCUT2D eigenvalue weighted by Crippen LogP contribution is -2.06. The fourth-order valence-electron chi connectivity index (χ4n) is 1.10. The van der Waals surface area contributed by atoms with Crippen LogP contribution < -0.4 is 4.74 Å². The van der Waals surface area contributed by atoms with E-state index in [2.05, 4.69) is 0 Å². The molecule has 0 aliphatic rings. The summed E-state index contributed by atoms with van der Waals surface area (Å²) in [5.74, 6) is -0.322. The molecular weight excluding hydrogens is 244 g/mol. The minimum atomic E-state index is -0.923. The highest BCUT2D eigenvalue weighted by Gasteiger charge is 2.06. The number of hydrogen-bond acceptors (Lipinski definition) is 5. The van der Waals surface area contributed by atoms with Gasteiger partial charge in [0.15, 0.2) is 0 Å². The van der Waals surface area contributed by atoms with Crippen LogP contribution in [-0.4, -0.2) is 44.6 Å². The Kier molecular flexibility index (Phi) is 6.61. The summed E-state index contributed by atoms with van der Waals surface area (Å²) in [6.45, 7) is 2.30. The van der Waals surface area contributed by atoms with Crippen molar-refractivity contribution < 1.29 is 24.1 Å². The Bertz CT molecular complexity index is 336. The third-order valence-electron chi connectivity index (χ3n) is 1.92. The van der Waals surface area contributed by atoms with Crippen molar-refractivity contribution in [3.63, 3.8) is 0 Å². The van der Waals surface area contributed by atoms with Crippen LogP contribution in [0.4, 0.5) is 0 Å². The van der Waals surface area contributed by atoms with Crippen LogP contribution in [0.1, 0.15) is 16.1 Å². The number of carboxylic acids is 1. The van der Waals surface area contributed by atoms with Crippen LogP contribution >= 0.6 is 11.3 Å². The first-order chi connectivity index (χ1) is 8.24. The quantitative estimate of drug-likeness (QED) is 0.687. The molecule has 1 N–H and O–H groups in total. The highest BCUT2D eigenvalue weighted by molar-refractivity contribution is 7.12. The lowest BCUT2D eigenvalue weighted by molar-refractivity contribution is 0.0644. The number of ether oxygens (including phenoxy) is 3. The fourth-order valence-corrected chi connectivity index (χ4v) is 1.77. The first kappa shape index (κ1) is 14.0. The first-order valence-electron chi connectivity index (χ1n) is 5.25. The molecule has 96 valence electrons. The Morgan fingerprint density at radius 1 is 1.35 bits per heavy atom. The molecule has 1 aromatic rings. The van der Waals surface area contributed by atoms with E-state index < -0.39 is 5.97 Å². The Hall–Kier alpha value is -1.11. The van der Waals surface area contributed by atoms with Crippen LogP contribution in [0.2, 0.25) is 0 Å². The topological polar surface area (TPSA) is 65.0 Å². The zero-order chi connectivity index (χ0) is 12.5. The van der Waals surface area contributed by atoms with Crippen LogP contribution in [0.5, 0.6) is 5.75 Å². The molecule has 1 heterocycles. The fraction of sp³-hybridized carbons (Fsp3) is 0.545. The second kappa shape index (κ2) is 8.05. The molecule has 1 rings (SSSR count). The summed E-state index contributed by atoms with van der Waals surface area (Å²) in [5.41, 5.74) is 0. The molecule has 0 bridgehead atoms. The molecule has 1 aromatic heterocycles. The highest BCUT2D eigenvalue weighted by atomic mass is 32.1. The minimum Gasteiger partial charge on any atom is -0.493 e. The normalized spacial score (nSPS) is 10.4. The van der Waals surface area contributed by atoms with Crippen LogP contribution in [-0.2, 0) is 9.47 Å². The molecule has 17 heavy (non-hydrogen) atoms. The highest BCUT2D eigenvalue weighted by Crippen LogP contribution is 2.21. The van der Waals surface area contributed by atoms with Gasteiger partial charge in [0, 0.05) is 31.6 Å². The molecule has 0 saturated heterocycles. The lowest BCUT2D eigenvalue weighted by Gasteiger charge is -2.04. The number of methoxy groups -OCH3 is 1. The molecule has 0 amide bonds. The van der Waals surface area contributed by atoms with Gasteiger partial charge in [-0.1, -0.05) is 0 Å². The molecule has 0 spiro atoms. The third kappa shape index (κ3) is 5.67. The van der Waals surface area contributed by atoms with Crippen molar-refractivity contribution in [1.82, 2.24) is 0 Å². The van der Waals surface area contributed by atoms with E-state index in [0.29, 0.717) is 32.2 Å². The maximum absolute atomic E-state index is 10.6. The zero-order valence-electron chi connectivity index (χ0n) is 9.68. The van der Waals surface area contributed by atoms with Gasteiger partial charge in [0.05, 0.1) is 19.8 Å². The van der Waals surface area contributed by atoms with Crippen molar-refractivity contribution in [2.45, 2.75) is 6.42 Å². The second-order valence-corrected chi connectivity index (χ2v) is 4.17. The van der Waals surface area contributed by atoms with Gasteiger partial charge in [-0.05, 0) is 0 Å². The predicted molar refractivity (Wildman–Crippen MR) is 64.1 cm³/mol. The Morgan fingerprint density at radius 2 is 2.18 bits per heavy atom. The predicted octanol–water partition coefficient (Wildman–Crippen LogP) is 1.88. The van der Waals surface area contributed by atoms with Crippen molar-refractivity contribution in [2.24, 2.45) is 0 Å². The monoisotopic (exact) mass is 260 g/mol. The van der Waals surface area contributed by atoms with Gasteiger partial charge in [0.2, 0.25) is 0 Å². The van der Waals surface area contributed by atoms with Gasteiger partial charge in [-0.2, -0.15) is 0 Å². The molecule has 6 heteroatoms. The number of carbonyl (C=O) groups is 1. The van der Waals surface area contributed by atoms with E-state index in [0.717, 1.165) is 17.8 Å². The zero-order valence-corrected chi connectivity index (χ0v) is 10.5. The summed E-state index contributed by atoms with van der Waals surface area (Å²) in [6.07, 6.45) is 0.766. The van der Waals surface area contributed by atoms with Crippen molar-refractivity contribution in [2.75, 3.05) is 33.5 Å². The van der Waals surface area contributed by atoms with Crippen LogP contribution in [0, 0.1) is 0 Å². The van der Waals surface area contributed by atoms with Crippen molar-refractivity contribution in [3.8, 4) is 5.75 Å². The summed E-state index contributed by atoms with van der Waals surface area (Å²) in [5, 5.41) is 10.4. The molecule has 0 aliphatic heterocycles. The molecule has 0 aliphatic carbocycles. The standard InChI is InChI=1S/C11H16O5S/c1-14-5-6-15-3-2-4-16-9-7-10(11(12)13)17-8-9/h7-8H,2-6H2,1H3,(H,12,13). The van der Waals surface area contributed by atoms with Crippen molar-refractivity contribution in [1.29, 1.82) is 0 Å². The first-order valence-corrected chi connectivity index (χ1v) is 6.13. The second-order valence-electron chi connectivity index (χ2n) is 3.26. The number of thiophene rings is 1. The van der Waals surface area contributed by atoms with Gasteiger partial charge in [-0.15, -0.1) is 11.3 Å². The van der Waals surface area contributed by atoms with Crippen molar-refractivity contribution >= 4 is 17.3 Å². The molecule has 0 fully saturated rings. The molecule has 0 radical (unpaired) electrons. The summed E-state index contributed by atoms with van der Waals surface area (Å²) < 4.78 is 15.5. The number of aromatic carboxylic acids is 1. The average molecular weight is 260 g/mol. The van der Waals surface area contributed by atoms with Gasteiger partial charge in [0.25, 0.3) is 0 Å². The summed E-state index contributed by atoms with van der Waals surface area (Å²) in [7, 11) is 1.63. The molecule has 0 aromatic carbocycles. The van der Waals surface area contributed by atoms with E-state index >= 15 is 0 Å². The molecule has 0 atom stereocenters. The molecule has 0 unspecified atom stereocenters. The third-order valence-corrected chi connectivity index (χ3v) is 2.82. The van der Waals surface area contributed by atoms with Gasteiger partial charge >= 0.3 is 5.97 Å². The maximum Gasteiger partial charge on any atom is 0.346 e. The van der Waals surface area contributed by atoms with E-state index in [1.54, 1.807) is 12.5 Å². The van der Waals surface area contributed by atoms with E-state index in [4.69, 9.17) is 19.3 Å². The van der Waals surface area contributed by atoms with Crippen LogP contribution in [0.3, 0.4) is 0 Å². The van der Waals surface area contributed by atoms with Crippen LogP contribution in [0.15, 0.2) is 11.4 Å². The van der Waals surface area contributed by atoms with E-state index in [9.17, 15) is 4.79 Å². The average Bonchev–Trinajstić information content (AvgIpc) is 2.77. The number of hydrogen-bond donors (Lipinski definition) is 1. The smallest absolute Gasteiger partial charge is 0.346 e. The largest absolute Gasteiger partial charge is 0.493 e. The Morgan fingerprint density at radius 3 is 2.82 bits per heavy atom. The lowest BCUT2D eigenvalue weighted by atomic mass is 10.4. The van der Waals surface area contributed by atoms with Gasteiger partial charge in [-0.3, -0.25) is 0 Å². The van der Waals surface area contributed by atoms with Gasteiger partial charge < -0.3 is 19.3 Å². The summed E-state index contributed by atoms with van der Waals surface area (Å²) in [4.78, 5) is 10.9. The summed E-state index contributed by atoms with van der Waals surface area (Å²) in [6, 6.07) is 1.53. The van der Waals surface area contributed by atoms with E-state index in [1.165, 1.54) is 6.07 Å². The number of rotatable bonds is 9. The van der Waals surface area contributed by atoms with Gasteiger partial charge in [-0.25, -0.2) is 4.79 Å². The van der Waals surface area contributed by atoms with Crippen molar-refractivity contribution in [3.05, 3.63) is 16.3 Å². The molecule has 0 saturated carbocycles. The maximum atomic E-state index is 10.6. The SMILES string of the molecule is COCCOCCCOc1csc(C(=O)O)c1. The number of carboxylic acid groups (broad SMARTS) is 1. The Labute approximate surface area is 104 Å². The van der Waals surface area contributed by atoms with E-state index in [-0.39, 0.29) is 4.88 Å². The summed E-state index contributed by atoms with van der Waals surface area (Å²) >= 11 is 1.16. The molecule has 5 nitrogen and oxygen atoms in total. The molecular formula is C11H16O5S. The minimum absolute atomic E-state index is 0.288.